The molecule has 0 radical (unpaired) electrons. The highest BCUT2D eigenvalue weighted by atomic mass is 35.5. The van der Waals surface area contributed by atoms with E-state index in [1.165, 1.54) is 12.1 Å². The third-order valence-electron chi connectivity index (χ3n) is 4.94. The maximum absolute atomic E-state index is 12.8. The summed E-state index contributed by atoms with van der Waals surface area (Å²) >= 11 is 11.9. The summed E-state index contributed by atoms with van der Waals surface area (Å²) in [6, 6.07) is 10.0. The van der Waals surface area contributed by atoms with Crippen LogP contribution < -0.4 is 14.8 Å². The molecule has 2 aromatic rings. The van der Waals surface area contributed by atoms with Crippen LogP contribution in [0.4, 0.5) is 0 Å². The average molecular weight is 437 g/mol. The van der Waals surface area contributed by atoms with E-state index >= 15 is 0 Å². The fourth-order valence-corrected chi connectivity index (χ4v) is 4.01. The number of nitrogens with one attached hydrogen (secondary N) is 1. The number of methoxy groups -OCH3 is 2. The van der Waals surface area contributed by atoms with Crippen molar-refractivity contribution < 1.29 is 19.1 Å². The molecule has 1 atom stereocenters. The Kier molecular flexibility index (Phi) is 6.87. The van der Waals surface area contributed by atoms with Crippen LogP contribution in [0.1, 0.15) is 34.8 Å². The summed E-state index contributed by atoms with van der Waals surface area (Å²) in [4.78, 5) is 27.0. The number of carbonyl (C=O) groups is 2. The molecule has 154 valence electrons. The number of hydrogen-bond donors (Lipinski definition) is 1. The number of hydrogen-bond acceptors (Lipinski definition) is 4. The standard InChI is InChI=1S/C21H22Cl2N2O4/c1-28-14-6-8-19(29-2)16(11-14)18-4-3-9-25(18)20(26)12-24-21(27)15-7-5-13(22)10-17(15)23/h5-8,10-11,18H,3-4,9,12H2,1-2H3,(H,24,27)/t18-/m1/s1. The molecule has 0 saturated carbocycles. The topological polar surface area (TPSA) is 67.9 Å². The van der Waals surface area contributed by atoms with Crippen LogP contribution in [0.15, 0.2) is 36.4 Å². The number of likely N-dealkylation sites (tertiary alicyclic amines) is 1. The summed E-state index contributed by atoms with van der Waals surface area (Å²) in [6.45, 7) is 0.488. The van der Waals surface area contributed by atoms with Crippen molar-refractivity contribution in [2.45, 2.75) is 18.9 Å². The van der Waals surface area contributed by atoms with Crippen LogP contribution in [0.2, 0.25) is 10.0 Å². The molecular weight excluding hydrogens is 415 g/mol. The zero-order chi connectivity index (χ0) is 21.0. The fourth-order valence-electron chi connectivity index (χ4n) is 3.51. The van der Waals surface area contributed by atoms with E-state index in [0.29, 0.717) is 23.1 Å². The minimum atomic E-state index is -0.422. The smallest absolute Gasteiger partial charge is 0.253 e. The Morgan fingerprint density at radius 2 is 1.93 bits per heavy atom. The molecule has 1 saturated heterocycles. The van der Waals surface area contributed by atoms with Gasteiger partial charge in [0.2, 0.25) is 5.91 Å². The van der Waals surface area contributed by atoms with Crippen LogP contribution in [0, 0.1) is 0 Å². The normalized spacial score (nSPS) is 15.9. The van der Waals surface area contributed by atoms with Gasteiger partial charge in [-0.2, -0.15) is 0 Å². The number of nitrogens with zero attached hydrogens (tertiary/aromatic N) is 1. The Bertz CT molecular complexity index is 920. The monoisotopic (exact) mass is 436 g/mol. The van der Waals surface area contributed by atoms with Crippen molar-refractivity contribution in [3.63, 3.8) is 0 Å². The molecule has 1 aliphatic heterocycles. The van der Waals surface area contributed by atoms with Crippen LogP contribution in [-0.4, -0.2) is 44.0 Å². The largest absolute Gasteiger partial charge is 0.497 e. The highest BCUT2D eigenvalue weighted by molar-refractivity contribution is 6.36. The molecule has 6 nitrogen and oxygen atoms in total. The molecule has 2 aromatic carbocycles. The zero-order valence-electron chi connectivity index (χ0n) is 16.2. The van der Waals surface area contributed by atoms with Crippen molar-refractivity contribution in [1.29, 1.82) is 0 Å². The minimum absolute atomic E-state index is 0.124. The van der Waals surface area contributed by atoms with Gasteiger partial charge < -0.3 is 19.7 Å². The highest BCUT2D eigenvalue weighted by Crippen LogP contribution is 2.38. The van der Waals surface area contributed by atoms with E-state index in [-0.39, 0.29) is 29.1 Å². The summed E-state index contributed by atoms with van der Waals surface area (Å²) < 4.78 is 10.8. The molecule has 3 rings (SSSR count). The van der Waals surface area contributed by atoms with Gasteiger partial charge in [-0.3, -0.25) is 9.59 Å². The van der Waals surface area contributed by atoms with Crippen molar-refractivity contribution in [2.24, 2.45) is 0 Å². The van der Waals surface area contributed by atoms with Crippen molar-refractivity contribution in [3.05, 3.63) is 57.6 Å². The molecule has 0 aromatic heterocycles. The van der Waals surface area contributed by atoms with Gasteiger partial charge in [-0.05, 0) is 49.2 Å². The van der Waals surface area contributed by atoms with Crippen LogP contribution >= 0.6 is 23.2 Å². The zero-order valence-corrected chi connectivity index (χ0v) is 17.7. The lowest BCUT2D eigenvalue weighted by Crippen LogP contribution is -2.40. The van der Waals surface area contributed by atoms with Crippen molar-refractivity contribution in [3.8, 4) is 11.5 Å². The molecule has 29 heavy (non-hydrogen) atoms. The average Bonchev–Trinajstić information content (AvgIpc) is 3.21. The lowest BCUT2D eigenvalue weighted by molar-refractivity contribution is -0.131. The predicted molar refractivity (Wildman–Crippen MR) is 112 cm³/mol. The maximum Gasteiger partial charge on any atom is 0.253 e. The third-order valence-corrected chi connectivity index (χ3v) is 5.49. The molecular formula is C21H22Cl2N2O4. The summed E-state index contributed by atoms with van der Waals surface area (Å²) in [5.74, 6) is 0.809. The number of rotatable bonds is 6. The molecule has 1 fully saturated rings. The quantitative estimate of drug-likeness (QED) is 0.739. The van der Waals surface area contributed by atoms with Crippen LogP contribution in [0.5, 0.6) is 11.5 Å². The first-order valence-corrected chi connectivity index (χ1v) is 9.95. The van der Waals surface area contributed by atoms with Crippen molar-refractivity contribution >= 4 is 35.0 Å². The van der Waals surface area contributed by atoms with Gasteiger partial charge in [-0.1, -0.05) is 23.2 Å². The van der Waals surface area contributed by atoms with Crippen molar-refractivity contribution in [1.82, 2.24) is 10.2 Å². The molecule has 2 amide bonds. The van der Waals surface area contributed by atoms with E-state index in [1.54, 1.807) is 25.2 Å². The van der Waals surface area contributed by atoms with Gasteiger partial charge >= 0.3 is 0 Å². The first kappa shape index (κ1) is 21.3. The van der Waals surface area contributed by atoms with Gasteiger partial charge in [0.05, 0.1) is 37.4 Å². The van der Waals surface area contributed by atoms with Crippen LogP contribution in [0.25, 0.3) is 0 Å². The SMILES string of the molecule is COc1ccc(OC)c([C@H]2CCCN2C(=O)CNC(=O)c2ccc(Cl)cc2Cl)c1. The summed E-state index contributed by atoms with van der Waals surface area (Å²) in [5, 5.41) is 3.32. The van der Waals surface area contributed by atoms with E-state index in [9.17, 15) is 9.59 Å². The summed E-state index contributed by atoms with van der Waals surface area (Å²) in [7, 11) is 3.20. The van der Waals surface area contributed by atoms with E-state index < -0.39 is 5.91 Å². The third kappa shape index (κ3) is 4.77. The second-order valence-corrected chi connectivity index (χ2v) is 7.50. The lowest BCUT2D eigenvalue weighted by Gasteiger charge is -2.27. The predicted octanol–water partition coefficient (Wildman–Crippen LogP) is 4.10. The molecule has 1 heterocycles. The maximum atomic E-state index is 12.8. The van der Waals surface area contributed by atoms with Gasteiger partial charge in [-0.25, -0.2) is 0 Å². The molecule has 1 N–H and O–H groups in total. The van der Waals surface area contributed by atoms with Gasteiger partial charge in [0.15, 0.2) is 0 Å². The van der Waals surface area contributed by atoms with Gasteiger partial charge in [0.25, 0.3) is 5.91 Å². The number of benzene rings is 2. The molecule has 1 aliphatic rings. The van der Waals surface area contributed by atoms with Gasteiger partial charge in [0.1, 0.15) is 11.5 Å². The lowest BCUT2D eigenvalue weighted by atomic mass is 10.0. The Balaban J connectivity index is 1.71. The van der Waals surface area contributed by atoms with Crippen LogP contribution in [0.3, 0.4) is 0 Å². The fraction of sp³-hybridized carbons (Fsp3) is 0.333. The Labute approximate surface area is 179 Å². The minimum Gasteiger partial charge on any atom is -0.497 e. The van der Waals surface area contributed by atoms with Gasteiger partial charge in [-0.15, -0.1) is 0 Å². The Morgan fingerprint density at radius 3 is 2.62 bits per heavy atom. The summed E-state index contributed by atoms with van der Waals surface area (Å²) in [5.41, 5.74) is 1.17. The number of amides is 2. The molecule has 8 heteroatoms. The molecule has 0 aliphatic carbocycles. The van der Waals surface area contributed by atoms with E-state index in [1.807, 2.05) is 18.2 Å². The second kappa shape index (κ2) is 9.37. The highest BCUT2D eigenvalue weighted by Gasteiger charge is 2.32. The summed E-state index contributed by atoms with van der Waals surface area (Å²) in [6.07, 6.45) is 1.68. The Morgan fingerprint density at radius 1 is 1.14 bits per heavy atom. The molecule has 0 unspecified atom stereocenters. The van der Waals surface area contributed by atoms with Gasteiger partial charge in [0, 0.05) is 17.1 Å². The van der Waals surface area contributed by atoms with E-state index in [2.05, 4.69) is 5.32 Å². The molecule has 0 spiro atoms. The van der Waals surface area contributed by atoms with Crippen molar-refractivity contribution in [2.75, 3.05) is 27.3 Å². The number of ether oxygens (including phenoxy) is 2. The first-order valence-electron chi connectivity index (χ1n) is 9.19. The Hall–Kier alpha value is -2.44. The number of carbonyl (C=O) groups excluding carboxylic acids is 2. The van der Waals surface area contributed by atoms with Crippen LogP contribution in [-0.2, 0) is 4.79 Å². The second-order valence-electron chi connectivity index (χ2n) is 6.66. The van der Waals surface area contributed by atoms with E-state index in [4.69, 9.17) is 32.7 Å². The number of halogens is 2. The van der Waals surface area contributed by atoms with E-state index in [0.717, 1.165) is 18.4 Å². The first-order chi connectivity index (χ1) is 13.9. The molecule has 0 bridgehead atoms.